The van der Waals surface area contributed by atoms with Crippen LogP contribution < -0.4 is 0 Å². The van der Waals surface area contributed by atoms with E-state index >= 15 is 0 Å². The Morgan fingerprint density at radius 1 is 1.13 bits per heavy atom. The third kappa shape index (κ3) is 4.37. The summed E-state index contributed by atoms with van der Waals surface area (Å²) in [5, 5.41) is 0. The molecule has 0 unspecified atom stereocenters. The van der Waals surface area contributed by atoms with E-state index in [1.807, 2.05) is 24.1 Å². The second-order valence-electron chi connectivity index (χ2n) is 8.29. The molecule has 0 radical (unpaired) electrons. The number of rotatable bonds is 5. The summed E-state index contributed by atoms with van der Waals surface area (Å²) < 4.78 is 32.6. The van der Waals surface area contributed by atoms with E-state index in [0.29, 0.717) is 29.8 Å². The molecule has 0 bridgehead atoms. The topological polar surface area (TPSA) is 70.8 Å². The van der Waals surface area contributed by atoms with Crippen LogP contribution in [0.3, 0.4) is 0 Å². The fourth-order valence-electron chi connectivity index (χ4n) is 4.70. The third-order valence-electron chi connectivity index (χ3n) is 6.54. The summed E-state index contributed by atoms with van der Waals surface area (Å²) in [6.45, 7) is 1.12. The van der Waals surface area contributed by atoms with Crippen molar-refractivity contribution in [1.29, 1.82) is 0 Å². The molecule has 0 spiro atoms. The lowest BCUT2D eigenvalue weighted by Crippen LogP contribution is -2.49. The minimum absolute atomic E-state index is 0.0104. The maximum atomic E-state index is 13.0. The fraction of sp³-hybridized carbons (Fsp3) is 0.435. The normalized spacial score (nSPS) is 25.2. The zero-order valence-corrected chi connectivity index (χ0v) is 18.0. The van der Waals surface area contributed by atoms with Gasteiger partial charge in [0.15, 0.2) is 0 Å². The largest absolute Gasteiger partial charge is 0.472 e. The SMILES string of the molecule is CN(C(=O)/C=C/c1ccoc1)[C@@H]1CC[C@@H]2CN(S(=O)(=O)c3ccccc3)CC[C@H]2C1. The average Bonchev–Trinajstić information content (AvgIpc) is 3.30. The van der Waals surface area contributed by atoms with Gasteiger partial charge in [0.05, 0.1) is 17.4 Å². The lowest BCUT2D eigenvalue weighted by molar-refractivity contribution is -0.128. The van der Waals surface area contributed by atoms with Crippen LogP contribution in [-0.2, 0) is 14.8 Å². The molecule has 0 N–H and O–H groups in total. The van der Waals surface area contributed by atoms with Crippen LogP contribution in [-0.4, -0.2) is 49.7 Å². The first-order valence-corrected chi connectivity index (χ1v) is 11.9. The maximum absolute atomic E-state index is 13.0. The highest BCUT2D eigenvalue weighted by molar-refractivity contribution is 7.89. The Hall–Kier alpha value is -2.38. The molecular formula is C23H28N2O4S. The van der Waals surface area contributed by atoms with Gasteiger partial charge >= 0.3 is 0 Å². The fourth-order valence-corrected chi connectivity index (χ4v) is 6.24. The predicted octanol–water partition coefficient (Wildman–Crippen LogP) is 3.63. The van der Waals surface area contributed by atoms with Gasteiger partial charge in [0.1, 0.15) is 0 Å². The molecule has 1 saturated carbocycles. The number of hydrogen-bond donors (Lipinski definition) is 0. The Labute approximate surface area is 178 Å². The van der Waals surface area contributed by atoms with Crippen molar-refractivity contribution in [3.63, 3.8) is 0 Å². The van der Waals surface area contributed by atoms with Crippen LogP contribution >= 0.6 is 0 Å². The summed E-state index contributed by atoms with van der Waals surface area (Å²) in [6, 6.07) is 10.7. The predicted molar refractivity (Wildman–Crippen MR) is 115 cm³/mol. The molecule has 160 valence electrons. The summed E-state index contributed by atoms with van der Waals surface area (Å²) in [7, 11) is -1.57. The molecule has 4 rings (SSSR count). The van der Waals surface area contributed by atoms with Crippen molar-refractivity contribution < 1.29 is 17.6 Å². The van der Waals surface area contributed by atoms with Gasteiger partial charge in [0, 0.05) is 37.8 Å². The van der Waals surface area contributed by atoms with E-state index in [-0.39, 0.29) is 11.9 Å². The second-order valence-corrected chi connectivity index (χ2v) is 10.2. The molecule has 2 aliphatic rings. The van der Waals surface area contributed by atoms with Crippen LogP contribution in [0, 0.1) is 11.8 Å². The van der Waals surface area contributed by atoms with E-state index in [0.717, 1.165) is 31.2 Å². The van der Waals surface area contributed by atoms with Crippen molar-refractivity contribution >= 4 is 22.0 Å². The molecule has 2 aromatic rings. The summed E-state index contributed by atoms with van der Waals surface area (Å²) in [4.78, 5) is 14.8. The van der Waals surface area contributed by atoms with Crippen LogP contribution in [0.15, 0.2) is 64.3 Å². The summed E-state index contributed by atoms with van der Waals surface area (Å²) in [5.41, 5.74) is 0.868. The summed E-state index contributed by atoms with van der Waals surface area (Å²) >= 11 is 0. The zero-order chi connectivity index (χ0) is 21.1. The first kappa shape index (κ1) is 20.9. The van der Waals surface area contributed by atoms with Crippen molar-refractivity contribution in [2.24, 2.45) is 11.8 Å². The van der Waals surface area contributed by atoms with Crippen molar-refractivity contribution in [3.05, 3.63) is 60.6 Å². The Balaban J connectivity index is 1.36. The molecule has 3 atom stereocenters. The number of amides is 1. The molecule has 30 heavy (non-hydrogen) atoms. The van der Waals surface area contributed by atoms with Crippen molar-refractivity contribution in [3.8, 4) is 0 Å². The molecule has 1 aromatic heterocycles. The van der Waals surface area contributed by atoms with Gasteiger partial charge in [-0.1, -0.05) is 18.2 Å². The highest BCUT2D eigenvalue weighted by atomic mass is 32.2. The highest BCUT2D eigenvalue weighted by Crippen LogP contribution is 2.39. The van der Waals surface area contributed by atoms with Gasteiger partial charge in [-0.25, -0.2) is 8.42 Å². The van der Waals surface area contributed by atoms with Gasteiger partial charge in [-0.15, -0.1) is 0 Å². The van der Waals surface area contributed by atoms with E-state index in [1.54, 1.807) is 53.2 Å². The number of piperidine rings is 1. The molecule has 1 aliphatic heterocycles. The van der Waals surface area contributed by atoms with Gasteiger partial charge in [-0.05, 0) is 61.8 Å². The second kappa shape index (κ2) is 8.78. The van der Waals surface area contributed by atoms with Crippen molar-refractivity contribution in [1.82, 2.24) is 9.21 Å². The molecule has 1 saturated heterocycles. The molecule has 1 aromatic carbocycles. The highest BCUT2D eigenvalue weighted by Gasteiger charge is 2.40. The van der Waals surface area contributed by atoms with Gasteiger partial charge in [-0.2, -0.15) is 4.31 Å². The van der Waals surface area contributed by atoms with E-state index in [9.17, 15) is 13.2 Å². The van der Waals surface area contributed by atoms with Gasteiger partial charge in [0.25, 0.3) is 0 Å². The standard InChI is InChI=1S/C23H28N2O4S/c1-24(23(26)10-7-18-12-14-29-17-18)21-9-8-20-16-25(13-11-19(20)15-21)30(27,28)22-5-3-2-4-6-22/h2-7,10,12,14,17,19-21H,8-9,11,13,15-16H2,1H3/b10-7+/t19-,20+,21+/m0/s1. The molecule has 2 fully saturated rings. The molecule has 7 heteroatoms. The van der Waals surface area contributed by atoms with Gasteiger partial charge in [0.2, 0.25) is 15.9 Å². The van der Waals surface area contributed by atoms with E-state index in [2.05, 4.69) is 0 Å². The maximum Gasteiger partial charge on any atom is 0.246 e. The molecular weight excluding hydrogens is 400 g/mol. The first-order chi connectivity index (χ1) is 14.4. The minimum Gasteiger partial charge on any atom is -0.472 e. The quantitative estimate of drug-likeness (QED) is 0.682. The average molecular weight is 429 g/mol. The number of fused-ring (bicyclic) bond motifs is 1. The molecule has 2 heterocycles. The van der Waals surface area contributed by atoms with Crippen LogP contribution in [0.1, 0.15) is 31.2 Å². The molecule has 1 amide bonds. The zero-order valence-electron chi connectivity index (χ0n) is 17.2. The number of nitrogens with zero attached hydrogens (tertiary/aromatic N) is 2. The Bertz CT molecular complexity index is 985. The van der Waals surface area contributed by atoms with Crippen LogP contribution in [0.2, 0.25) is 0 Å². The molecule has 1 aliphatic carbocycles. The van der Waals surface area contributed by atoms with Crippen LogP contribution in [0.25, 0.3) is 6.08 Å². The molecule has 6 nitrogen and oxygen atoms in total. The summed E-state index contributed by atoms with van der Waals surface area (Å²) in [6.07, 6.45) is 10.2. The number of carbonyl (C=O) groups is 1. The number of carbonyl (C=O) groups excluding carboxylic acids is 1. The number of likely N-dealkylation sites (N-methyl/N-ethyl adjacent to an activating group) is 1. The number of furan rings is 1. The lowest BCUT2D eigenvalue weighted by atomic mass is 9.73. The Morgan fingerprint density at radius 2 is 1.93 bits per heavy atom. The van der Waals surface area contributed by atoms with Crippen LogP contribution in [0.4, 0.5) is 0 Å². The van der Waals surface area contributed by atoms with Crippen LogP contribution in [0.5, 0.6) is 0 Å². The lowest BCUT2D eigenvalue weighted by Gasteiger charge is -2.44. The minimum atomic E-state index is -3.43. The summed E-state index contributed by atoms with van der Waals surface area (Å²) in [5.74, 6) is 0.807. The van der Waals surface area contributed by atoms with E-state index in [1.165, 1.54) is 0 Å². The van der Waals surface area contributed by atoms with E-state index in [4.69, 9.17) is 4.42 Å². The van der Waals surface area contributed by atoms with Gasteiger partial charge < -0.3 is 9.32 Å². The Morgan fingerprint density at radius 3 is 2.67 bits per heavy atom. The number of sulfonamides is 1. The Kier molecular flexibility index (Phi) is 6.11. The van der Waals surface area contributed by atoms with Crippen molar-refractivity contribution in [2.75, 3.05) is 20.1 Å². The third-order valence-corrected chi connectivity index (χ3v) is 8.42. The smallest absolute Gasteiger partial charge is 0.246 e. The van der Waals surface area contributed by atoms with Crippen molar-refractivity contribution in [2.45, 2.75) is 36.6 Å². The van der Waals surface area contributed by atoms with E-state index < -0.39 is 10.0 Å². The number of hydrogen-bond acceptors (Lipinski definition) is 4. The first-order valence-electron chi connectivity index (χ1n) is 10.5. The van der Waals surface area contributed by atoms with Gasteiger partial charge in [-0.3, -0.25) is 4.79 Å². The monoisotopic (exact) mass is 428 g/mol. The number of benzene rings is 1.